The minimum absolute atomic E-state index is 0.0319. The first-order valence-electron chi connectivity index (χ1n) is 8.32. The van der Waals surface area contributed by atoms with Gasteiger partial charge in [0.15, 0.2) is 0 Å². The predicted molar refractivity (Wildman–Crippen MR) is 89.0 cm³/mol. The van der Waals surface area contributed by atoms with Gasteiger partial charge in [-0.1, -0.05) is 19.1 Å². The molecule has 0 aliphatic heterocycles. The Hall–Kier alpha value is -2.30. The Morgan fingerprint density at radius 1 is 1.52 bits per heavy atom. The maximum atomic E-state index is 12.7. The smallest absolute Gasteiger partial charge is 0.268 e. The summed E-state index contributed by atoms with van der Waals surface area (Å²) >= 11 is 0. The third-order valence-electron chi connectivity index (χ3n) is 5.05. The van der Waals surface area contributed by atoms with Gasteiger partial charge >= 0.3 is 0 Å². The molecule has 23 heavy (non-hydrogen) atoms. The Kier molecular flexibility index (Phi) is 3.18. The van der Waals surface area contributed by atoms with Crippen LogP contribution in [0, 0.1) is 5.92 Å². The normalized spacial score (nSPS) is 21.0. The first-order valence-corrected chi connectivity index (χ1v) is 8.32. The lowest BCUT2D eigenvalue weighted by Gasteiger charge is -2.15. The molecule has 1 amide bonds. The maximum Gasteiger partial charge on any atom is 0.268 e. The van der Waals surface area contributed by atoms with Crippen molar-refractivity contribution in [1.29, 1.82) is 0 Å². The molecule has 120 valence electrons. The van der Waals surface area contributed by atoms with Crippen LogP contribution in [-0.2, 0) is 12.6 Å². The molecule has 0 saturated heterocycles. The Morgan fingerprint density at radius 2 is 2.35 bits per heavy atom. The Morgan fingerprint density at radius 3 is 3.00 bits per heavy atom. The number of fused-ring (bicyclic) bond motifs is 1. The summed E-state index contributed by atoms with van der Waals surface area (Å²) in [5, 5.41) is 9.64. The van der Waals surface area contributed by atoms with Crippen LogP contribution in [0.5, 0.6) is 0 Å². The van der Waals surface area contributed by atoms with E-state index in [0.29, 0.717) is 11.6 Å². The summed E-state index contributed by atoms with van der Waals surface area (Å²) in [5.74, 6) is 0.551. The minimum Gasteiger partial charge on any atom is -0.351 e. The first kappa shape index (κ1) is 14.3. The number of aromatic nitrogens is 3. The van der Waals surface area contributed by atoms with E-state index < -0.39 is 0 Å². The van der Waals surface area contributed by atoms with Crippen molar-refractivity contribution in [2.75, 3.05) is 0 Å². The summed E-state index contributed by atoms with van der Waals surface area (Å²) in [4.78, 5) is 15.9. The fourth-order valence-electron chi connectivity index (χ4n) is 3.36. The van der Waals surface area contributed by atoms with Gasteiger partial charge in [-0.05, 0) is 42.9 Å². The molecule has 5 nitrogen and oxygen atoms in total. The van der Waals surface area contributed by atoms with Crippen molar-refractivity contribution in [3.05, 3.63) is 40.3 Å². The lowest BCUT2D eigenvalue weighted by Crippen LogP contribution is -2.35. The van der Waals surface area contributed by atoms with Crippen molar-refractivity contribution < 1.29 is 4.79 Å². The quantitative estimate of drug-likeness (QED) is 0.890. The van der Waals surface area contributed by atoms with Crippen LogP contribution in [0.25, 0.3) is 12.2 Å². The number of aryl methyl sites for hydroxylation is 1. The van der Waals surface area contributed by atoms with Crippen molar-refractivity contribution in [3.8, 4) is 0 Å². The van der Waals surface area contributed by atoms with Crippen LogP contribution in [0.15, 0.2) is 18.5 Å². The molecule has 2 heterocycles. The maximum absolute atomic E-state index is 12.7. The Balaban J connectivity index is 1.58. The molecule has 1 atom stereocenters. The minimum atomic E-state index is -0.226. The number of H-pyrrole nitrogens is 1. The predicted octanol–water partition coefficient (Wildman–Crippen LogP) is 1.16. The fourth-order valence-corrected chi connectivity index (χ4v) is 3.36. The molecular weight excluding hydrogens is 288 g/mol. The van der Waals surface area contributed by atoms with E-state index in [1.807, 2.05) is 25.5 Å². The van der Waals surface area contributed by atoms with Gasteiger partial charge in [-0.2, -0.15) is 5.10 Å². The van der Waals surface area contributed by atoms with Crippen molar-refractivity contribution in [1.82, 2.24) is 20.1 Å². The summed E-state index contributed by atoms with van der Waals surface area (Å²) in [6.07, 6.45) is 12.4. The van der Waals surface area contributed by atoms with Crippen LogP contribution in [0.1, 0.15) is 48.7 Å². The summed E-state index contributed by atoms with van der Waals surface area (Å²) in [6, 6.07) is 1.97. The van der Waals surface area contributed by atoms with Gasteiger partial charge in [0.25, 0.3) is 5.91 Å². The molecule has 5 heteroatoms. The van der Waals surface area contributed by atoms with Crippen LogP contribution < -0.4 is 15.9 Å². The molecule has 0 bridgehead atoms. The van der Waals surface area contributed by atoms with Crippen molar-refractivity contribution >= 4 is 18.1 Å². The molecule has 0 aromatic carbocycles. The van der Waals surface area contributed by atoms with E-state index in [-0.39, 0.29) is 11.4 Å². The second-order valence-electron chi connectivity index (χ2n) is 6.77. The lowest BCUT2D eigenvalue weighted by molar-refractivity contribution is 0.0926. The van der Waals surface area contributed by atoms with Gasteiger partial charge in [0.2, 0.25) is 0 Å². The molecule has 2 N–H and O–H groups in total. The number of carbonyl (C=O) groups is 1. The standard InChI is InChI=1S/C18H22N4O/c1-3-12-4-5-15-13(8-12)9-16(20-15)17(23)21-18(6-7-18)14-10-19-22(2)11-14/h5,8-12,20H,3-4,6-7H2,1-2H3,(H,21,23). The number of hydrogen-bond donors (Lipinski definition) is 2. The van der Waals surface area contributed by atoms with E-state index >= 15 is 0 Å². The highest BCUT2D eigenvalue weighted by Crippen LogP contribution is 2.45. The summed E-state index contributed by atoms with van der Waals surface area (Å²) in [5.41, 5.74) is 1.51. The van der Waals surface area contributed by atoms with Gasteiger partial charge in [-0.25, -0.2) is 0 Å². The largest absolute Gasteiger partial charge is 0.351 e. The average molecular weight is 310 g/mol. The Labute approximate surface area is 135 Å². The summed E-state index contributed by atoms with van der Waals surface area (Å²) < 4.78 is 1.78. The molecule has 2 aliphatic carbocycles. The van der Waals surface area contributed by atoms with E-state index in [1.54, 1.807) is 4.68 Å². The molecule has 1 unspecified atom stereocenters. The van der Waals surface area contributed by atoms with Gasteiger partial charge in [0.1, 0.15) is 5.69 Å². The molecule has 4 rings (SSSR count). The summed E-state index contributed by atoms with van der Waals surface area (Å²) in [6.45, 7) is 2.20. The number of nitrogens with zero attached hydrogens (tertiary/aromatic N) is 2. The lowest BCUT2D eigenvalue weighted by atomic mass is 9.98. The molecule has 1 fully saturated rings. The number of nitrogens with one attached hydrogen (secondary N) is 2. The number of carbonyl (C=O) groups excluding carboxylic acids is 1. The second-order valence-corrected chi connectivity index (χ2v) is 6.77. The van der Waals surface area contributed by atoms with E-state index in [1.165, 1.54) is 0 Å². The third-order valence-corrected chi connectivity index (χ3v) is 5.05. The van der Waals surface area contributed by atoms with Gasteiger partial charge in [-0.15, -0.1) is 0 Å². The third kappa shape index (κ3) is 2.50. The average Bonchev–Trinajstić information content (AvgIpc) is 2.99. The zero-order valence-electron chi connectivity index (χ0n) is 13.6. The molecule has 2 aromatic heterocycles. The molecule has 2 aliphatic rings. The number of aromatic amines is 1. The Bertz CT molecular complexity index is 869. The second kappa shape index (κ2) is 5.11. The van der Waals surface area contributed by atoms with Crippen molar-refractivity contribution in [2.24, 2.45) is 13.0 Å². The van der Waals surface area contributed by atoms with Crippen LogP contribution in [0.2, 0.25) is 0 Å². The highest BCUT2D eigenvalue weighted by molar-refractivity contribution is 5.93. The molecule has 1 saturated carbocycles. The highest BCUT2D eigenvalue weighted by Gasteiger charge is 2.46. The summed E-state index contributed by atoms with van der Waals surface area (Å²) in [7, 11) is 1.90. The van der Waals surface area contributed by atoms with Gasteiger partial charge in [0, 0.05) is 24.2 Å². The van der Waals surface area contributed by atoms with E-state index in [0.717, 1.165) is 41.8 Å². The van der Waals surface area contributed by atoms with E-state index in [9.17, 15) is 4.79 Å². The monoisotopic (exact) mass is 310 g/mol. The number of amides is 1. The molecule has 0 radical (unpaired) electrons. The van der Waals surface area contributed by atoms with Gasteiger partial charge in [-0.3, -0.25) is 9.48 Å². The van der Waals surface area contributed by atoms with Crippen LogP contribution >= 0.6 is 0 Å². The molecule has 2 aromatic rings. The van der Waals surface area contributed by atoms with Gasteiger partial charge < -0.3 is 10.3 Å². The topological polar surface area (TPSA) is 62.7 Å². The molecule has 0 spiro atoms. The van der Waals surface area contributed by atoms with Crippen LogP contribution in [0.3, 0.4) is 0 Å². The van der Waals surface area contributed by atoms with E-state index in [4.69, 9.17) is 0 Å². The van der Waals surface area contributed by atoms with Crippen LogP contribution in [0.4, 0.5) is 0 Å². The van der Waals surface area contributed by atoms with E-state index in [2.05, 4.69) is 34.5 Å². The van der Waals surface area contributed by atoms with Crippen LogP contribution in [-0.4, -0.2) is 20.7 Å². The molecular formula is C18H22N4O. The van der Waals surface area contributed by atoms with Gasteiger partial charge in [0.05, 0.1) is 11.7 Å². The highest BCUT2D eigenvalue weighted by atomic mass is 16.2. The first-order chi connectivity index (χ1) is 11.1. The zero-order valence-corrected chi connectivity index (χ0v) is 13.6. The van der Waals surface area contributed by atoms with Crippen molar-refractivity contribution in [3.63, 3.8) is 0 Å². The van der Waals surface area contributed by atoms with Crippen molar-refractivity contribution in [2.45, 2.75) is 38.1 Å². The fraction of sp³-hybridized carbons (Fsp3) is 0.444. The SMILES string of the molecule is CCC1C=c2cc(C(=O)NC3(c4cnn(C)c4)CC3)[nH]c2=CC1. The number of rotatable bonds is 4. The zero-order chi connectivity index (χ0) is 16.0. The number of hydrogen-bond acceptors (Lipinski definition) is 2.